The molecule has 0 N–H and O–H groups in total. The molecular weight excluding hydrogens is 271 g/mol. The summed E-state index contributed by atoms with van der Waals surface area (Å²) in [5, 5.41) is 0. The molecule has 1 aromatic rings. The highest BCUT2D eigenvalue weighted by Crippen LogP contribution is 2.25. The molecule has 1 heterocycles. The Morgan fingerprint density at radius 1 is 1.43 bits per heavy atom. The second-order valence-corrected chi connectivity index (χ2v) is 5.61. The van der Waals surface area contributed by atoms with Crippen LogP contribution in [0.3, 0.4) is 0 Å². The minimum atomic E-state index is -0.469. The van der Waals surface area contributed by atoms with E-state index in [-0.39, 0.29) is 17.5 Å². The van der Waals surface area contributed by atoms with Gasteiger partial charge in [0.05, 0.1) is 12.7 Å². The van der Waals surface area contributed by atoms with Crippen molar-refractivity contribution in [3.05, 3.63) is 29.1 Å². The molecule has 0 radical (unpaired) electrons. The number of halogens is 1. The lowest BCUT2D eigenvalue weighted by molar-refractivity contribution is 0.0528. The Labute approximate surface area is 125 Å². The highest BCUT2D eigenvalue weighted by atomic mass is 19.1. The van der Waals surface area contributed by atoms with Crippen LogP contribution < -0.4 is 4.74 Å². The summed E-state index contributed by atoms with van der Waals surface area (Å²) >= 11 is 0. The van der Waals surface area contributed by atoms with E-state index in [0.29, 0.717) is 18.7 Å². The Hall–Kier alpha value is -1.62. The minimum absolute atomic E-state index is 0.0764. The van der Waals surface area contributed by atoms with Gasteiger partial charge in [-0.15, -0.1) is 0 Å². The molecule has 0 aromatic heterocycles. The molecule has 0 spiro atoms. The predicted octanol–water partition coefficient (Wildman–Crippen LogP) is 2.17. The van der Waals surface area contributed by atoms with Gasteiger partial charge in [-0.3, -0.25) is 4.79 Å². The molecule has 0 saturated carbocycles. The molecule has 1 unspecified atom stereocenters. The smallest absolute Gasteiger partial charge is 0.257 e. The lowest BCUT2D eigenvalue weighted by atomic mass is 10.0. The number of likely N-dealkylation sites (N-methyl/N-ethyl adjacent to an activating group) is 1. The second-order valence-electron chi connectivity index (χ2n) is 5.61. The van der Waals surface area contributed by atoms with E-state index < -0.39 is 5.82 Å². The molecule has 5 heteroatoms. The summed E-state index contributed by atoms with van der Waals surface area (Å²) in [6.45, 7) is 6.15. The maximum atomic E-state index is 14.2. The lowest BCUT2D eigenvalue weighted by Crippen LogP contribution is -2.52. The van der Waals surface area contributed by atoms with Gasteiger partial charge in [-0.2, -0.15) is 0 Å². The van der Waals surface area contributed by atoms with Crippen LogP contribution in [0.25, 0.3) is 0 Å². The second kappa shape index (κ2) is 6.43. The van der Waals surface area contributed by atoms with Crippen LogP contribution >= 0.6 is 0 Å². The summed E-state index contributed by atoms with van der Waals surface area (Å²) in [7, 11) is 3.57. The summed E-state index contributed by atoms with van der Waals surface area (Å²) < 4.78 is 19.5. The van der Waals surface area contributed by atoms with Crippen LogP contribution in [0.15, 0.2) is 12.1 Å². The van der Waals surface area contributed by atoms with Crippen molar-refractivity contribution in [2.75, 3.05) is 33.8 Å². The third-order valence-corrected chi connectivity index (χ3v) is 4.07. The normalized spacial score (nSPS) is 19.7. The van der Waals surface area contributed by atoms with Crippen molar-refractivity contribution in [2.24, 2.45) is 0 Å². The fourth-order valence-electron chi connectivity index (χ4n) is 2.82. The minimum Gasteiger partial charge on any atom is -0.496 e. The SMILES string of the molecule is CCc1cc(F)c(C(=O)N2CCN(C)CC2C)cc1OC. The number of carbonyl (C=O) groups is 1. The van der Waals surface area contributed by atoms with E-state index >= 15 is 0 Å². The van der Waals surface area contributed by atoms with E-state index in [2.05, 4.69) is 4.90 Å². The zero-order valence-electron chi connectivity index (χ0n) is 13.1. The highest BCUT2D eigenvalue weighted by molar-refractivity contribution is 5.95. The number of aryl methyl sites for hydroxylation is 1. The summed E-state index contributed by atoms with van der Waals surface area (Å²) in [5.74, 6) is -0.151. The first-order valence-corrected chi connectivity index (χ1v) is 7.33. The Balaban J connectivity index is 2.30. The van der Waals surface area contributed by atoms with E-state index in [1.807, 2.05) is 20.9 Å². The number of ether oxygens (including phenoxy) is 1. The lowest BCUT2D eigenvalue weighted by Gasteiger charge is -2.38. The third kappa shape index (κ3) is 3.18. The Kier molecular flexibility index (Phi) is 4.83. The van der Waals surface area contributed by atoms with Crippen molar-refractivity contribution < 1.29 is 13.9 Å². The van der Waals surface area contributed by atoms with Gasteiger partial charge in [-0.1, -0.05) is 6.92 Å². The number of hydrogen-bond acceptors (Lipinski definition) is 3. The summed E-state index contributed by atoms with van der Waals surface area (Å²) in [6, 6.07) is 3.02. The largest absolute Gasteiger partial charge is 0.496 e. The molecule has 1 amide bonds. The first-order chi connectivity index (χ1) is 9.97. The molecule has 1 saturated heterocycles. The quantitative estimate of drug-likeness (QED) is 0.856. The molecule has 1 aliphatic heterocycles. The molecular formula is C16H23FN2O2. The van der Waals surface area contributed by atoms with E-state index in [1.54, 1.807) is 12.0 Å². The number of carbonyl (C=O) groups excluding carboxylic acids is 1. The number of hydrogen-bond donors (Lipinski definition) is 0. The van der Waals surface area contributed by atoms with Crippen LogP contribution in [0.4, 0.5) is 4.39 Å². The number of benzene rings is 1. The van der Waals surface area contributed by atoms with Crippen molar-refractivity contribution >= 4 is 5.91 Å². The average Bonchev–Trinajstić information content (AvgIpc) is 2.46. The highest BCUT2D eigenvalue weighted by Gasteiger charge is 2.28. The van der Waals surface area contributed by atoms with Gasteiger partial charge < -0.3 is 14.5 Å². The van der Waals surface area contributed by atoms with E-state index in [0.717, 1.165) is 18.7 Å². The van der Waals surface area contributed by atoms with E-state index in [9.17, 15) is 9.18 Å². The molecule has 1 fully saturated rings. The molecule has 0 bridgehead atoms. The maximum Gasteiger partial charge on any atom is 0.257 e. The van der Waals surface area contributed by atoms with Crippen molar-refractivity contribution in [3.8, 4) is 5.75 Å². The Bertz CT molecular complexity index is 533. The molecule has 1 atom stereocenters. The molecule has 0 aliphatic carbocycles. The zero-order valence-corrected chi connectivity index (χ0v) is 13.1. The number of rotatable bonds is 3. The van der Waals surface area contributed by atoms with Gasteiger partial charge in [0.1, 0.15) is 11.6 Å². The zero-order chi connectivity index (χ0) is 15.6. The summed E-state index contributed by atoms with van der Waals surface area (Å²) in [5.41, 5.74) is 0.874. The first kappa shape index (κ1) is 15.8. The van der Waals surface area contributed by atoms with Crippen molar-refractivity contribution in [1.82, 2.24) is 9.80 Å². The van der Waals surface area contributed by atoms with Gasteiger partial charge in [0.25, 0.3) is 5.91 Å². The van der Waals surface area contributed by atoms with Crippen LogP contribution in [-0.4, -0.2) is 55.5 Å². The van der Waals surface area contributed by atoms with Crippen molar-refractivity contribution in [1.29, 1.82) is 0 Å². The standard InChI is InChI=1S/C16H23FN2O2/c1-5-12-8-14(17)13(9-15(12)21-4)16(20)19-7-6-18(3)10-11(19)2/h8-9,11H,5-7,10H2,1-4H3. The van der Waals surface area contributed by atoms with E-state index in [4.69, 9.17) is 4.74 Å². The van der Waals surface area contributed by atoms with Crippen molar-refractivity contribution in [3.63, 3.8) is 0 Å². The third-order valence-electron chi connectivity index (χ3n) is 4.07. The fraction of sp³-hybridized carbons (Fsp3) is 0.562. The molecule has 4 nitrogen and oxygen atoms in total. The number of piperazine rings is 1. The number of amides is 1. The van der Waals surface area contributed by atoms with E-state index in [1.165, 1.54) is 12.1 Å². The molecule has 2 rings (SSSR count). The predicted molar refractivity (Wildman–Crippen MR) is 80.3 cm³/mol. The fourth-order valence-corrected chi connectivity index (χ4v) is 2.82. The summed E-state index contributed by atoms with van der Waals surface area (Å²) in [4.78, 5) is 16.5. The van der Waals surface area contributed by atoms with Crippen LogP contribution in [0.5, 0.6) is 5.75 Å². The van der Waals surface area contributed by atoms with Crippen LogP contribution in [-0.2, 0) is 6.42 Å². The Morgan fingerprint density at radius 3 is 2.71 bits per heavy atom. The average molecular weight is 294 g/mol. The molecule has 1 aromatic carbocycles. The van der Waals surface area contributed by atoms with Crippen LogP contribution in [0, 0.1) is 5.82 Å². The maximum absolute atomic E-state index is 14.2. The van der Waals surface area contributed by atoms with Gasteiger partial charge in [0.2, 0.25) is 0 Å². The van der Waals surface area contributed by atoms with Crippen LogP contribution in [0.1, 0.15) is 29.8 Å². The van der Waals surface area contributed by atoms with Crippen molar-refractivity contribution in [2.45, 2.75) is 26.3 Å². The molecule has 21 heavy (non-hydrogen) atoms. The summed E-state index contributed by atoms with van der Waals surface area (Å²) in [6.07, 6.45) is 0.666. The molecule has 116 valence electrons. The number of methoxy groups -OCH3 is 1. The van der Waals surface area contributed by atoms with Crippen LogP contribution in [0.2, 0.25) is 0 Å². The first-order valence-electron chi connectivity index (χ1n) is 7.33. The van der Waals surface area contributed by atoms with Gasteiger partial charge >= 0.3 is 0 Å². The number of nitrogens with zero attached hydrogens (tertiary/aromatic N) is 2. The van der Waals surface area contributed by atoms with Gasteiger partial charge in [-0.05, 0) is 38.1 Å². The topological polar surface area (TPSA) is 32.8 Å². The molecule has 1 aliphatic rings. The van der Waals surface area contributed by atoms with Gasteiger partial charge in [-0.25, -0.2) is 4.39 Å². The monoisotopic (exact) mass is 294 g/mol. The Morgan fingerprint density at radius 2 is 2.14 bits per heavy atom. The van der Waals surface area contributed by atoms with Gasteiger partial charge in [0, 0.05) is 25.7 Å². The van der Waals surface area contributed by atoms with Gasteiger partial charge in [0.15, 0.2) is 0 Å².